The third kappa shape index (κ3) is 3.00. The van der Waals surface area contributed by atoms with E-state index < -0.39 is 0 Å². The highest BCUT2D eigenvalue weighted by molar-refractivity contribution is 7.09. The van der Waals surface area contributed by atoms with Crippen molar-refractivity contribution in [1.82, 2.24) is 9.88 Å². The van der Waals surface area contributed by atoms with Crippen LogP contribution in [0.5, 0.6) is 0 Å². The van der Waals surface area contributed by atoms with Gasteiger partial charge in [0.1, 0.15) is 0 Å². The van der Waals surface area contributed by atoms with Gasteiger partial charge in [-0.3, -0.25) is 9.88 Å². The van der Waals surface area contributed by atoms with E-state index in [1.54, 1.807) is 11.3 Å². The molecule has 1 aliphatic carbocycles. The van der Waals surface area contributed by atoms with Gasteiger partial charge in [0.25, 0.3) is 0 Å². The monoisotopic (exact) mass is 226 g/mol. The Hall–Kier alpha value is -0.450. The fourth-order valence-corrected chi connectivity index (χ4v) is 2.56. The summed E-state index contributed by atoms with van der Waals surface area (Å²) in [7, 11) is 0. The van der Waals surface area contributed by atoms with Crippen LogP contribution in [0, 0.1) is 0 Å². The van der Waals surface area contributed by atoms with Gasteiger partial charge in [0, 0.05) is 36.8 Å². The van der Waals surface area contributed by atoms with E-state index in [9.17, 15) is 0 Å². The van der Waals surface area contributed by atoms with Gasteiger partial charge in [-0.2, -0.15) is 0 Å². The number of aliphatic hydroxyl groups is 1. The zero-order chi connectivity index (χ0) is 10.5. The first-order valence-electron chi connectivity index (χ1n) is 5.62. The molecule has 84 valence electrons. The second kappa shape index (κ2) is 5.58. The van der Waals surface area contributed by atoms with E-state index in [2.05, 4.69) is 9.88 Å². The topological polar surface area (TPSA) is 36.4 Å². The summed E-state index contributed by atoms with van der Waals surface area (Å²) in [6.07, 6.45) is 6.85. The summed E-state index contributed by atoms with van der Waals surface area (Å²) in [5.41, 5.74) is 1.89. The lowest BCUT2D eigenvalue weighted by atomic mass is 9.91. The SMILES string of the molecule is OCCCN(Cc1cncs1)C1CCC1. The van der Waals surface area contributed by atoms with E-state index in [0.717, 1.165) is 25.6 Å². The Labute approximate surface area is 94.8 Å². The highest BCUT2D eigenvalue weighted by Crippen LogP contribution is 2.26. The number of aliphatic hydroxyl groups excluding tert-OH is 1. The van der Waals surface area contributed by atoms with Crippen molar-refractivity contribution in [2.75, 3.05) is 13.2 Å². The summed E-state index contributed by atoms with van der Waals surface area (Å²) in [5, 5.41) is 8.88. The molecule has 3 nitrogen and oxygen atoms in total. The fourth-order valence-electron chi connectivity index (χ4n) is 1.94. The van der Waals surface area contributed by atoms with E-state index in [1.165, 1.54) is 24.1 Å². The van der Waals surface area contributed by atoms with E-state index in [1.807, 2.05) is 11.7 Å². The molecule has 0 radical (unpaired) electrons. The lowest BCUT2D eigenvalue weighted by Crippen LogP contribution is -2.40. The third-order valence-electron chi connectivity index (χ3n) is 3.04. The molecule has 0 aromatic carbocycles. The number of hydrogen-bond donors (Lipinski definition) is 1. The average Bonchev–Trinajstić information content (AvgIpc) is 2.64. The van der Waals surface area contributed by atoms with Crippen LogP contribution in [0.4, 0.5) is 0 Å². The first kappa shape index (κ1) is 11.0. The summed E-state index contributed by atoms with van der Waals surface area (Å²) in [4.78, 5) is 7.93. The Morgan fingerprint density at radius 1 is 1.53 bits per heavy atom. The maximum atomic E-state index is 8.88. The van der Waals surface area contributed by atoms with Gasteiger partial charge in [-0.1, -0.05) is 6.42 Å². The molecule has 15 heavy (non-hydrogen) atoms. The van der Waals surface area contributed by atoms with Crippen LogP contribution >= 0.6 is 11.3 Å². The molecule has 0 aliphatic heterocycles. The predicted molar refractivity (Wildman–Crippen MR) is 61.9 cm³/mol. The molecule has 4 heteroatoms. The number of hydrogen-bond acceptors (Lipinski definition) is 4. The minimum absolute atomic E-state index is 0.298. The second-order valence-corrected chi connectivity index (χ2v) is 5.07. The lowest BCUT2D eigenvalue weighted by molar-refractivity contribution is 0.110. The number of nitrogens with zero attached hydrogens (tertiary/aromatic N) is 2. The van der Waals surface area contributed by atoms with Gasteiger partial charge in [0.15, 0.2) is 0 Å². The summed E-state index contributed by atoms with van der Waals surface area (Å²) < 4.78 is 0. The zero-order valence-corrected chi connectivity index (χ0v) is 9.75. The molecule has 1 saturated carbocycles. The Morgan fingerprint density at radius 2 is 2.40 bits per heavy atom. The van der Waals surface area contributed by atoms with Crippen molar-refractivity contribution < 1.29 is 5.11 Å². The largest absolute Gasteiger partial charge is 0.396 e. The Balaban J connectivity index is 1.86. The van der Waals surface area contributed by atoms with Crippen molar-refractivity contribution in [3.63, 3.8) is 0 Å². The number of aromatic nitrogens is 1. The van der Waals surface area contributed by atoms with E-state index in [-0.39, 0.29) is 0 Å². The molecule has 1 heterocycles. The highest BCUT2D eigenvalue weighted by atomic mass is 32.1. The number of rotatable bonds is 6. The molecule has 0 amide bonds. The van der Waals surface area contributed by atoms with Crippen molar-refractivity contribution in [2.24, 2.45) is 0 Å². The van der Waals surface area contributed by atoms with Crippen LogP contribution in [0.1, 0.15) is 30.6 Å². The van der Waals surface area contributed by atoms with Gasteiger partial charge in [0.05, 0.1) is 5.51 Å². The molecule has 1 aromatic heterocycles. The van der Waals surface area contributed by atoms with Crippen molar-refractivity contribution in [3.05, 3.63) is 16.6 Å². The van der Waals surface area contributed by atoms with E-state index in [0.29, 0.717) is 6.61 Å². The first-order chi connectivity index (χ1) is 7.40. The maximum Gasteiger partial charge on any atom is 0.0794 e. The van der Waals surface area contributed by atoms with Crippen LogP contribution in [-0.2, 0) is 6.54 Å². The van der Waals surface area contributed by atoms with Crippen LogP contribution in [0.2, 0.25) is 0 Å². The molecule has 0 spiro atoms. The van der Waals surface area contributed by atoms with Crippen LogP contribution in [0.25, 0.3) is 0 Å². The Morgan fingerprint density at radius 3 is 2.93 bits per heavy atom. The van der Waals surface area contributed by atoms with Gasteiger partial charge in [-0.25, -0.2) is 0 Å². The van der Waals surface area contributed by atoms with Crippen LogP contribution in [0.3, 0.4) is 0 Å². The molecule has 1 fully saturated rings. The minimum atomic E-state index is 0.298. The summed E-state index contributed by atoms with van der Waals surface area (Å²) >= 11 is 1.72. The molecule has 0 unspecified atom stereocenters. The van der Waals surface area contributed by atoms with E-state index in [4.69, 9.17) is 5.11 Å². The normalized spacial score (nSPS) is 16.9. The quantitative estimate of drug-likeness (QED) is 0.804. The minimum Gasteiger partial charge on any atom is -0.396 e. The Bertz CT molecular complexity index is 272. The molecule has 0 atom stereocenters. The van der Waals surface area contributed by atoms with Crippen molar-refractivity contribution in [1.29, 1.82) is 0 Å². The summed E-state index contributed by atoms with van der Waals surface area (Å²) in [6.45, 7) is 2.32. The molecule has 0 bridgehead atoms. The molecule has 1 aliphatic rings. The molecular formula is C11H18N2OS. The van der Waals surface area contributed by atoms with Gasteiger partial charge < -0.3 is 5.11 Å². The smallest absolute Gasteiger partial charge is 0.0794 e. The Kier molecular flexibility index (Phi) is 4.11. The molecule has 1 N–H and O–H groups in total. The predicted octanol–water partition coefficient (Wildman–Crippen LogP) is 1.88. The zero-order valence-electron chi connectivity index (χ0n) is 8.93. The van der Waals surface area contributed by atoms with Crippen molar-refractivity contribution >= 4 is 11.3 Å². The summed E-state index contributed by atoms with van der Waals surface area (Å²) in [6, 6.07) is 0.749. The molecule has 2 rings (SSSR count). The first-order valence-corrected chi connectivity index (χ1v) is 6.50. The molecule has 1 aromatic rings. The highest BCUT2D eigenvalue weighted by Gasteiger charge is 2.24. The lowest BCUT2D eigenvalue weighted by Gasteiger charge is -2.37. The van der Waals surface area contributed by atoms with Crippen molar-refractivity contribution in [2.45, 2.75) is 38.3 Å². The second-order valence-electron chi connectivity index (χ2n) is 4.10. The fraction of sp³-hybridized carbons (Fsp3) is 0.727. The van der Waals surface area contributed by atoms with Crippen LogP contribution < -0.4 is 0 Å². The van der Waals surface area contributed by atoms with Crippen molar-refractivity contribution in [3.8, 4) is 0 Å². The van der Waals surface area contributed by atoms with Crippen LogP contribution in [0.15, 0.2) is 11.7 Å². The molecular weight excluding hydrogens is 208 g/mol. The third-order valence-corrected chi connectivity index (χ3v) is 3.80. The van der Waals surface area contributed by atoms with Gasteiger partial charge in [-0.15, -0.1) is 11.3 Å². The number of thiazole rings is 1. The molecule has 0 saturated heterocycles. The standard InChI is InChI=1S/C11H18N2OS/c14-6-2-5-13(10-3-1-4-10)8-11-7-12-9-15-11/h7,9-10,14H,1-6,8H2. The summed E-state index contributed by atoms with van der Waals surface area (Å²) in [5.74, 6) is 0. The van der Waals surface area contributed by atoms with Gasteiger partial charge in [-0.05, 0) is 19.3 Å². The van der Waals surface area contributed by atoms with Gasteiger partial charge >= 0.3 is 0 Å². The maximum absolute atomic E-state index is 8.88. The average molecular weight is 226 g/mol. The van der Waals surface area contributed by atoms with E-state index >= 15 is 0 Å². The van der Waals surface area contributed by atoms with Crippen LogP contribution in [-0.4, -0.2) is 34.2 Å². The van der Waals surface area contributed by atoms with Gasteiger partial charge in [0.2, 0.25) is 0 Å².